The van der Waals surface area contributed by atoms with Gasteiger partial charge in [0.25, 0.3) is 5.91 Å². The Labute approximate surface area is 304 Å². The maximum atomic E-state index is 14.2. The number of hydrogen-bond donors (Lipinski definition) is 1. The zero-order valence-electron chi connectivity index (χ0n) is 28.7. The standard InChI is InChI=1S/C38H45ClN4O5S2/c1-25-40-30(22-49-25)12-16-36(44)41-50(46)18-5-3-4-8-34(47-2)31-13-9-28(31)21-43-23-38(17-6-7-26-19-29(39)11-14-32(26)38)24-48-35-15-10-27(20-33(35)43)37(45)42-50/h4,8,10-11,14-15,19-20,22,28,31,34H,3,5-7,9,12-13,16-18,21,23-24H2,1-2H3,(H,41,42,44,45,46)/b8-4+/t28-,31+,34-,38-,50?/m0/s1. The number of halogens is 1. The van der Waals surface area contributed by atoms with Gasteiger partial charge in [0.05, 0.1) is 34.9 Å². The maximum Gasteiger partial charge on any atom is 0.286 e. The molecule has 1 N–H and O–H groups in total. The highest BCUT2D eigenvalue weighted by molar-refractivity contribution is 7.92. The van der Waals surface area contributed by atoms with Gasteiger partial charge >= 0.3 is 0 Å². The second kappa shape index (κ2) is 14.8. The third-order valence-electron chi connectivity index (χ3n) is 10.8. The number of ether oxygens (including phenoxy) is 2. The summed E-state index contributed by atoms with van der Waals surface area (Å²) in [5.74, 6) is 0.494. The van der Waals surface area contributed by atoms with Crippen LogP contribution in [0.4, 0.5) is 5.69 Å². The van der Waals surface area contributed by atoms with Gasteiger partial charge in [0.15, 0.2) is 0 Å². The third-order valence-corrected chi connectivity index (χ3v) is 13.7. The van der Waals surface area contributed by atoms with E-state index in [1.54, 1.807) is 13.2 Å². The number of thiazole rings is 1. The van der Waals surface area contributed by atoms with Gasteiger partial charge in [0.1, 0.15) is 15.7 Å². The normalized spacial score (nSPS) is 28.7. The van der Waals surface area contributed by atoms with Gasteiger partial charge in [-0.1, -0.05) is 29.8 Å². The van der Waals surface area contributed by atoms with Gasteiger partial charge in [-0.15, -0.1) is 15.7 Å². The average molecular weight is 737 g/mol. The Morgan fingerprint density at radius 3 is 2.88 bits per heavy atom. The number of methoxy groups -OCH3 is 1. The lowest BCUT2D eigenvalue weighted by molar-refractivity contribution is -0.119. The lowest BCUT2D eigenvalue weighted by atomic mass is 9.68. The minimum atomic E-state index is -3.40. The molecule has 2 amide bonds. The van der Waals surface area contributed by atoms with Crippen molar-refractivity contribution >= 4 is 50.4 Å². The van der Waals surface area contributed by atoms with E-state index in [0.717, 1.165) is 66.6 Å². The molecule has 50 heavy (non-hydrogen) atoms. The van der Waals surface area contributed by atoms with E-state index in [1.807, 2.05) is 30.5 Å². The van der Waals surface area contributed by atoms with Crippen LogP contribution in [0.25, 0.3) is 0 Å². The van der Waals surface area contributed by atoms with E-state index in [2.05, 4.69) is 43.3 Å². The van der Waals surface area contributed by atoms with Crippen LogP contribution in [0.3, 0.4) is 0 Å². The number of allylic oxidation sites excluding steroid dienone is 1. The first-order chi connectivity index (χ1) is 24.1. The highest BCUT2D eigenvalue weighted by Gasteiger charge is 2.44. The van der Waals surface area contributed by atoms with Crippen LogP contribution in [0.2, 0.25) is 5.02 Å². The van der Waals surface area contributed by atoms with Gasteiger partial charge < -0.3 is 14.4 Å². The van der Waals surface area contributed by atoms with Crippen molar-refractivity contribution in [3.05, 3.63) is 86.3 Å². The number of carbonyl (C=O) groups is 2. The summed E-state index contributed by atoms with van der Waals surface area (Å²) in [7, 11) is -1.64. The van der Waals surface area contributed by atoms with E-state index >= 15 is 0 Å². The van der Waals surface area contributed by atoms with Gasteiger partial charge in [-0.2, -0.15) is 0 Å². The predicted octanol–water partition coefficient (Wildman–Crippen LogP) is 7.24. The zero-order valence-corrected chi connectivity index (χ0v) is 31.1. The highest BCUT2D eigenvalue weighted by atomic mass is 35.5. The minimum Gasteiger partial charge on any atom is -0.490 e. The summed E-state index contributed by atoms with van der Waals surface area (Å²) in [6, 6.07) is 11.6. The Morgan fingerprint density at radius 1 is 1.22 bits per heavy atom. The lowest BCUT2D eigenvalue weighted by Gasteiger charge is -2.46. The van der Waals surface area contributed by atoms with Crippen molar-refractivity contribution in [2.75, 3.05) is 37.5 Å². The highest BCUT2D eigenvalue weighted by Crippen LogP contribution is 2.47. The number of nitrogens with zero attached hydrogens (tertiary/aromatic N) is 3. The molecule has 0 saturated heterocycles. The molecule has 12 heteroatoms. The van der Waals surface area contributed by atoms with Crippen molar-refractivity contribution in [2.24, 2.45) is 16.2 Å². The molecule has 1 saturated carbocycles. The van der Waals surface area contributed by atoms with Crippen LogP contribution in [0, 0.1) is 18.8 Å². The molecule has 266 valence electrons. The number of carbonyl (C=O) groups excluding carboxylic acids is 2. The van der Waals surface area contributed by atoms with Gasteiger partial charge in [-0.05, 0) is 112 Å². The first kappa shape index (κ1) is 35.2. The van der Waals surface area contributed by atoms with Gasteiger partial charge in [-0.3, -0.25) is 14.3 Å². The lowest BCUT2D eigenvalue weighted by Crippen LogP contribution is -2.49. The zero-order chi connectivity index (χ0) is 34.9. The summed E-state index contributed by atoms with van der Waals surface area (Å²) < 4.78 is 33.8. The predicted molar refractivity (Wildman–Crippen MR) is 199 cm³/mol. The third kappa shape index (κ3) is 7.52. The number of nitrogens with one attached hydrogen (secondary N) is 1. The van der Waals surface area contributed by atoms with E-state index in [9.17, 15) is 13.8 Å². The number of benzene rings is 2. The molecule has 7 rings (SSSR count). The molecule has 1 aromatic heterocycles. The second-order valence-electron chi connectivity index (χ2n) is 14.2. The first-order valence-electron chi connectivity index (χ1n) is 17.6. The van der Waals surface area contributed by atoms with E-state index in [0.29, 0.717) is 49.0 Å². The molecular weight excluding hydrogens is 692 g/mol. The fourth-order valence-electron chi connectivity index (χ4n) is 8.11. The maximum absolute atomic E-state index is 14.2. The molecule has 3 aromatic rings. The van der Waals surface area contributed by atoms with Crippen LogP contribution in [-0.2, 0) is 37.7 Å². The molecule has 2 aliphatic heterocycles. The molecule has 9 nitrogen and oxygen atoms in total. The van der Waals surface area contributed by atoms with Crippen LogP contribution in [-0.4, -0.2) is 59.7 Å². The Morgan fingerprint density at radius 2 is 2.10 bits per heavy atom. The van der Waals surface area contributed by atoms with E-state index in [-0.39, 0.29) is 23.7 Å². The minimum absolute atomic E-state index is 0.0353. The molecule has 2 bridgehead atoms. The molecule has 0 radical (unpaired) electrons. The van der Waals surface area contributed by atoms with Crippen molar-refractivity contribution in [1.29, 1.82) is 0 Å². The molecule has 1 fully saturated rings. The van der Waals surface area contributed by atoms with Gasteiger partial charge in [0, 0.05) is 48.0 Å². The van der Waals surface area contributed by atoms with Crippen LogP contribution in [0.5, 0.6) is 5.75 Å². The number of aromatic nitrogens is 1. The molecule has 2 aliphatic carbocycles. The number of anilines is 1. The van der Waals surface area contributed by atoms with Crippen molar-refractivity contribution in [3.8, 4) is 5.75 Å². The molecular formula is C38H45ClN4O5S2. The smallest absolute Gasteiger partial charge is 0.286 e. The van der Waals surface area contributed by atoms with E-state index in [4.69, 9.17) is 21.1 Å². The van der Waals surface area contributed by atoms with Crippen LogP contribution in [0.15, 0.2) is 58.3 Å². The summed E-state index contributed by atoms with van der Waals surface area (Å²) in [4.78, 5) is 33.8. The van der Waals surface area contributed by atoms with Gasteiger partial charge in [-0.25, -0.2) is 9.19 Å². The molecule has 5 atom stereocenters. The topological polar surface area (TPSA) is 110 Å². The molecule has 2 aromatic carbocycles. The summed E-state index contributed by atoms with van der Waals surface area (Å²) in [5.41, 5.74) is 4.27. The van der Waals surface area contributed by atoms with Crippen LogP contribution < -0.4 is 14.4 Å². The Bertz CT molecular complexity index is 1920. The number of rotatable bonds is 5. The fraction of sp³-hybridized carbons (Fsp3) is 0.500. The summed E-state index contributed by atoms with van der Waals surface area (Å²) >= 11 is 7.97. The molecule has 4 aliphatic rings. The number of aryl methyl sites for hydroxylation is 3. The fourth-order valence-corrected chi connectivity index (χ4v) is 10.6. The Kier molecular flexibility index (Phi) is 10.4. The monoisotopic (exact) mass is 736 g/mol. The van der Waals surface area contributed by atoms with Crippen molar-refractivity contribution in [3.63, 3.8) is 0 Å². The van der Waals surface area contributed by atoms with E-state index < -0.39 is 21.7 Å². The van der Waals surface area contributed by atoms with Crippen molar-refractivity contribution in [2.45, 2.75) is 76.2 Å². The first-order valence-corrected chi connectivity index (χ1v) is 20.6. The Hall–Kier alpha value is -3.25. The van der Waals surface area contributed by atoms with Crippen molar-refractivity contribution in [1.82, 2.24) is 9.71 Å². The average Bonchev–Trinajstić information content (AvgIpc) is 3.44. The number of fused-ring (bicyclic) bond motifs is 4. The summed E-state index contributed by atoms with van der Waals surface area (Å²) in [5, 5.41) is 3.59. The van der Waals surface area contributed by atoms with Crippen molar-refractivity contribution < 1.29 is 23.3 Å². The molecule has 3 heterocycles. The quantitative estimate of drug-likeness (QED) is 0.275. The SMILES string of the molecule is CO[C@H]1/C=C/CCCS(=O)(NC(=O)CCc2csc(C)n2)=NC(=O)c2ccc3c(c2)N(C[C@@H]2CC[C@H]21)C[C@@]1(CCCc2cc(Cl)ccc21)CO3. The van der Waals surface area contributed by atoms with Gasteiger partial charge in [0.2, 0.25) is 5.91 Å². The summed E-state index contributed by atoms with van der Waals surface area (Å²) in [6.07, 6.45) is 11.0. The number of hydrogen-bond acceptors (Lipinski definition) is 8. The largest absolute Gasteiger partial charge is 0.490 e. The summed E-state index contributed by atoms with van der Waals surface area (Å²) in [6.45, 7) is 3.95. The second-order valence-corrected chi connectivity index (χ2v) is 17.8. The van der Waals surface area contributed by atoms with Crippen LogP contribution >= 0.6 is 22.9 Å². The Balaban J connectivity index is 1.24. The van der Waals surface area contributed by atoms with Crippen LogP contribution in [0.1, 0.15) is 77.1 Å². The molecule has 1 unspecified atom stereocenters. The number of amides is 2. The van der Waals surface area contributed by atoms with E-state index in [1.165, 1.54) is 22.5 Å². The molecule has 1 spiro atoms.